The average molecular weight is 345 g/mol. The molecule has 0 unspecified atom stereocenters. The molecule has 2 aromatic carbocycles. The first-order valence-corrected chi connectivity index (χ1v) is 8.48. The molecule has 4 aromatic rings. The Balaban J connectivity index is 1.86. The van der Waals surface area contributed by atoms with E-state index in [1.807, 2.05) is 55.6 Å². The zero-order valence-electron chi connectivity index (χ0n) is 14.7. The molecule has 4 rings (SSSR count). The number of pyridine rings is 1. The van der Waals surface area contributed by atoms with Crippen molar-refractivity contribution in [3.8, 4) is 22.5 Å². The molecule has 2 heterocycles. The maximum atomic E-state index is 13.0. The first kappa shape index (κ1) is 16.3. The van der Waals surface area contributed by atoms with Crippen LogP contribution < -0.4 is 10.9 Å². The standard InChI is InChI=1S/C21H19N3O2/c1-22-13-14-8-10-15(11-9-14)17-12-18-19(21(25)24(17)2)20(23-26-18)16-6-4-3-5-7-16/h3-12,22H,13H2,1-2H3. The summed E-state index contributed by atoms with van der Waals surface area (Å²) in [6.45, 7) is 0.806. The molecule has 0 fully saturated rings. The van der Waals surface area contributed by atoms with Gasteiger partial charge in [-0.3, -0.25) is 4.79 Å². The number of fused-ring (bicyclic) bond motifs is 1. The van der Waals surface area contributed by atoms with E-state index in [9.17, 15) is 4.79 Å². The van der Waals surface area contributed by atoms with Crippen LogP contribution in [0.1, 0.15) is 5.56 Å². The third-order valence-electron chi connectivity index (χ3n) is 4.54. The minimum Gasteiger partial charge on any atom is -0.355 e. The van der Waals surface area contributed by atoms with E-state index in [0.717, 1.165) is 23.4 Å². The van der Waals surface area contributed by atoms with E-state index in [-0.39, 0.29) is 5.56 Å². The summed E-state index contributed by atoms with van der Waals surface area (Å²) in [6, 6.07) is 19.6. The molecule has 0 spiro atoms. The van der Waals surface area contributed by atoms with Crippen LogP contribution in [0.2, 0.25) is 0 Å². The lowest BCUT2D eigenvalue weighted by Crippen LogP contribution is -2.18. The minimum absolute atomic E-state index is 0.114. The molecule has 0 aliphatic carbocycles. The van der Waals surface area contributed by atoms with Crippen molar-refractivity contribution >= 4 is 11.0 Å². The molecule has 2 aromatic heterocycles. The van der Waals surface area contributed by atoms with Gasteiger partial charge in [0.25, 0.3) is 5.56 Å². The zero-order chi connectivity index (χ0) is 18.1. The molecule has 5 nitrogen and oxygen atoms in total. The summed E-state index contributed by atoms with van der Waals surface area (Å²) in [5, 5.41) is 7.78. The van der Waals surface area contributed by atoms with Gasteiger partial charge in [-0.2, -0.15) is 0 Å². The van der Waals surface area contributed by atoms with Gasteiger partial charge < -0.3 is 14.4 Å². The second-order valence-electron chi connectivity index (χ2n) is 6.26. The number of nitrogens with zero attached hydrogens (tertiary/aromatic N) is 2. The Bertz CT molecular complexity index is 1110. The van der Waals surface area contributed by atoms with Crippen molar-refractivity contribution in [3.05, 3.63) is 76.6 Å². The molecule has 0 bridgehead atoms. The number of benzene rings is 2. The van der Waals surface area contributed by atoms with Crippen LogP contribution in [0.4, 0.5) is 0 Å². The van der Waals surface area contributed by atoms with Crippen LogP contribution >= 0.6 is 0 Å². The molecule has 0 atom stereocenters. The van der Waals surface area contributed by atoms with Gasteiger partial charge in [-0.25, -0.2) is 0 Å². The number of rotatable bonds is 4. The Morgan fingerprint density at radius 3 is 2.46 bits per heavy atom. The van der Waals surface area contributed by atoms with Crippen LogP contribution in [-0.4, -0.2) is 16.8 Å². The number of hydrogen-bond acceptors (Lipinski definition) is 4. The number of nitrogens with one attached hydrogen (secondary N) is 1. The molecule has 0 saturated heterocycles. The predicted octanol–water partition coefficient (Wildman–Crippen LogP) is 3.58. The molecule has 0 radical (unpaired) electrons. The van der Waals surface area contributed by atoms with E-state index in [4.69, 9.17) is 4.52 Å². The summed E-state index contributed by atoms with van der Waals surface area (Å²) in [5.74, 6) is 0. The first-order valence-electron chi connectivity index (χ1n) is 8.48. The van der Waals surface area contributed by atoms with Crippen molar-refractivity contribution in [1.82, 2.24) is 15.0 Å². The summed E-state index contributed by atoms with van der Waals surface area (Å²) < 4.78 is 7.14. The largest absolute Gasteiger partial charge is 0.355 e. The van der Waals surface area contributed by atoms with Crippen molar-refractivity contribution < 1.29 is 4.52 Å². The highest BCUT2D eigenvalue weighted by molar-refractivity contribution is 5.92. The number of aromatic nitrogens is 2. The van der Waals surface area contributed by atoms with E-state index in [2.05, 4.69) is 22.6 Å². The van der Waals surface area contributed by atoms with Gasteiger partial charge in [-0.15, -0.1) is 0 Å². The molecular formula is C21H19N3O2. The molecule has 0 saturated carbocycles. The van der Waals surface area contributed by atoms with E-state index in [0.29, 0.717) is 16.7 Å². The van der Waals surface area contributed by atoms with Crippen LogP contribution in [0.25, 0.3) is 33.5 Å². The molecule has 1 N–H and O–H groups in total. The van der Waals surface area contributed by atoms with Crippen LogP contribution in [0.15, 0.2) is 70.0 Å². The van der Waals surface area contributed by atoms with Crippen molar-refractivity contribution in [3.63, 3.8) is 0 Å². The van der Waals surface area contributed by atoms with Crippen molar-refractivity contribution in [2.45, 2.75) is 6.54 Å². The normalized spacial score (nSPS) is 11.2. The van der Waals surface area contributed by atoms with Crippen molar-refractivity contribution in [2.24, 2.45) is 7.05 Å². The van der Waals surface area contributed by atoms with Gasteiger partial charge in [0.1, 0.15) is 11.1 Å². The maximum Gasteiger partial charge on any atom is 0.264 e. The van der Waals surface area contributed by atoms with Crippen molar-refractivity contribution in [2.75, 3.05) is 7.05 Å². The summed E-state index contributed by atoms with van der Waals surface area (Å²) >= 11 is 0. The third-order valence-corrected chi connectivity index (χ3v) is 4.54. The second-order valence-corrected chi connectivity index (χ2v) is 6.26. The van der Waals surface area contributed by atoms with Gasteiger partial charge >= 0.3 is 0 Å². The Morgan fingerprint density at radius 1 is 1.04 bits per heavy atom. The molecule has 130 valence electrons. The van der Waals surface area contributed by atoms with E-state index in [1.165, 1.54) is 5.56 Å². The number of hydrogen-bond donors (Lipinski definition) is 1. The lowest BCUT2D eigenvalue weighted by atomic mass is 10.1. The quantitative estimate of drug-likeness (QED) is 0.614. The van der Waals surface area contributed by atoms with E-state index >= 15 is 0 Å². The second kappa shape index (κ2) is 6.61. The molecule has 0 amide bonds. The fourth-order valence-electron chi connectivity index (χ4n) is 3.17. The van der Waals surface area contributed by atoms with Crippen LogP contribution in [0, 0.1) is 0 Å². The summed E-state index contributed by atoms with van der Waals surface area (Å²) in [4.78, 5) is 13.0. The van der Waals surface area contributed by atoms with Gasteiger partial charge in [0.15, 0.2) is 5.58 Å². The van der Waals surface area contributed by atoms with Crippen LogP contribution in [-0.2, 0) is 13.6 Å². The smallest absolute Gasteiger partial charge is 0.264 e. The lowest BCUT2D eigenvalue weighted by molar-refractivity contribution is 0.459. The summed E-state index contributed by atoms with van der Waals surface area (Å²) in [7, 11) is 3.69. The van der Waals surface area contributed by atoms with Gasteiger partial charge in [0, 0.05) is 25.2 Å². The fourth-order valence-corrected chi connectivity index (χ4v) is 3.17. The molecule has 0 aliphatic rings. The molecule has 0 aliphatic heterocycles. The molecular weight excluding hydrogens is 326 g/mol. The highest BCUT2D eigenvalue weighted by atomic mass is 16.5. The Morgan fingerprint density at radius 2 is 1.77 bits per heavy atom. The Kier molecular flexibility index (Phi) is 4.14. The zero-order valence-corrected chi connectivity index (χ0v) is 14.7. The summed E-state index contributed by atoms with van der Waals surface area (Å²) in [5.41, 5.74) is 4.79. The minimum atomic E-state index is -0.114. The third kappa shape index (κ3) is 2.72. The van der Waals surface area contributed by atoms with Gasteiger partial charge in [-0.05, 0) is 18.2 Å². The van der Waals surface area contributed by atoms with Gasteiger partial charge in [0.2, 0.25) is 0 Å². The van der Waals surface area contributed by atoms with Crippen LogP contribution in [0.3, 0.4) is 0 Å². The summed E-state index contributed by atoms with van der Waals surface area (Å²) in [6.07, 6.45) is 0. The van der Waals surface area contributed by atoms with Crippen molar-refractivity contribution in [1.29, 1.82) is 0 Å². The SMILES string of the molecule is CNCc1ccc(-c2cc3onc(-c4ccccc4)c3c(=O)n2C)cc1. The average Bonchev–Trinajstić information content (AvgIpc) is 3.10. The Hall–Kier alpha value is -3.18. The first-order chi connectivity index (χ1) is 12.7. The van der Waals surface area contributed by atoms with Gasteiger partial charge in [0.05, 0.1) is 5.69 Å². The molecule has 5 heteroatoms. The topological polar surface area (TPSA) is 60.1 Å². The Labute approximate surface area is 150 Å². The lowest BCUT2D eigenvalue weighted by Gasteiger charge is -2.09. The predicted molar refractivity (Wildman–Crippen MR) is 103 cm³/mol. The highest BCUT2D eigenvalue weighted by Crippen LogP contribution is 2.28. The monoisotopic (exact) mass is 345 g/mol. The maximum absolute atomic E-state index is 13.0. The van der Waals surface area contributed by atoms with E-state index < -0.39 is 0 Å². The highest BCUT2D eigenvalue weighted by Gasteiger charge is 2.17. The molecule has 26 heavy (non-hydrogen) atoms. The van der Waals surface area contributed by atoms with Gasteiger partial charge in [-0.1, -0.05) is 59.8 Å². The van der Waals surface area contributed by atoms with E-state index in [1.54, 1.807) is 11.6 Å². The fraction of sp³-hybridized carbons (Fsp3) is 0.143. The van der Waals surface area contributed by atoms with Crippen LogP contribution in [0.5, 0.6) is 0 Å².